The molecule has 0 radical (unpaired) electrons. The van der Waals surface area contributed by atoms with E-state index in [0.717, 1.165) is 18.5 Å². The van der Waals surface area contributed by atoms with Gasteiger partial charge in [-0.05, 0) is 25.0 Å². The van der Waals surface area contributed by atoms with Gasteiger partial charge in [0.15, 0.2) is 0 Å². The van der Waals surface area contributed by atoms with E-state index in [0.29, 0.717) is 29.9 Å². The van der Waals surface area contributed by atoms with Gasteiger partial charge in [0.1, 0.15) is 5.82 Å². The molecular formula is C19H18FN5O2. The lowest BCUT2D eigenvalue weighted by molar-refractivity contribution is 0.0713. The lowest BCUT2D eigenvalue weighted by atomic mass is 9.93. The van der Waals surface area contributed by atoms with Gasteiger partial charge in [-0.15, -0.1) is 0 Å². The zero-order valence-electron chi connectivity index (χ0n) is 14.5. The van der Waals surface area contributed by atoms with Crippen molar-refractivity contribution in [2.24, 2.45) is 0 Å². The van der Waals surface area contributed by atoms with Crippen LogP contribution in [-0.4, -0.2) is 44.1 Å². The molecule has 2 aromatic heterocycles. The first kappa shape index (κ1) is 17.1. The number of rotatable bonds is 3. The van der Waals surface area contributed by atoms with E-state index >= 15 is 0 Å². The van der Waals surface area contributed by atoms with Crippen molar-refractivity contribution in [3.8, 4) is 11.3 Å². The van der Waals surface area contributed by atoms with Crippen molar-refractivity contribution in [1.29, 1.82) is 0 Å². The number of amides is 1. The molecule has 1 aliphatic rings. The van der Waals surface area contributed by atoms with Gasteiger partial charge >= 0.3 is 0 Å². The number of halogens is 1. The topological polar surface area (TPSA) is 94.7 Å². The van der Waals surface area contributed by atoms with Crippen LogP contribution in [0.4, 0.5) is 4.39 Å². The maximum absolute atomic E-state index is 14.1. The highest BCUT2D eigenvalue weighted by atomic mass is 19.1. The Morgan fingerprint density at radius 2 is 2.00 bits per heavy atom. The number of hydrogen-bond acceptors (Lipinski definition) is 4. The molecule has 0 unspecified atom stereocenters. The van der Waals surface area contributed by atoms with Crippen LogP contribution in [0.15, 0.2) is 47.7 Å². The van der Waals surface area contributed by atoms with Gasteiger partial charge in [0.2, 0.25) is 0 Å². The molecule has 27 heavy (non-hydrogen) atoms. The standard InChI is InChI=1S/C19H18FN5O2/c20-15-4-2-1-3-13(15)18-14(10-23-24-18)19(27)25-7-5-12(6-8-25)16-9-17(26)22-11-21-16/h1-4,9-12H,5-8H2,(H,23,24)(H,21,22,26). The molecule has 0 bridgehead atoms. The summed E-state index contributed by atoms with van der Waals surface area (Å²) in [6.45, 7) is 1.08. The van der Waals surface area contributed by atoms with Crippen LogP contribution in [0.1, 0.15) is 34.8 Å². The molecule has 3 heterocycles. The molecular weight excluding hydrogens is 349 g/mol. The third kappa shape index (κ3) is 3.38. The largest absolute Gasteiger partial charge is 0.338 e. The van der Waals surface area contributed by atoms with Crippen molar-refractivity contribution in [3.63, 3.8) is 0 Å². The fourth-order valence-corrected chi connectivity index (χ4v) is 3.47. The highest BCUT2D eigenvalue weighted by Gasteiger charge is 2.28. The Kier molecular flexibility index (Phi) is 4.53. The number of H-pyrrole nitrogens is 2. The van der Waals surface area contributed by atoms with E-state index in [1.807, 2.05) is 0 Å². The lowest BCUT2D eigenvalue weighted by Gasteiger charge is -2.31. The molecule has 4 rings (SSSR count). The van der Waals surface area contributed by atoms with Gasteiger partial charge < -0.3 is 9.88 Å². The predicted octanol–water partition coefficient (Wildman–Crippen LogP) is 2.32. The Labute approximate surface area is 154 Å². The van der Waals surface area contributed by atoms with Gasteiger partial charge in [-0.1, -0.05) is 12.1 Å². The van der Waals surface area contributed by atoms with Gasteiger partial charge in [-0.2, -0.15) is 5.10 Å². The highest BCUT2D eigenvalue weighted by molar-refractivity contribution is 5.99. The second-order valence-corrected chi connectivity index (χ2v) is 6.54. The zero-order chi connectivity index (χ0) is 18.8. The van der Waals surface area contributed by atoms with Crippen molar-refractivity contribution >= 4 is 5.91 Å². The molecule has 0 saturated carbocycles. The van der Waals surface area contributed by atoms with Gasteiger partial charge in [-0.25, -0.2) is 9.37 Å². The minimum Gasteiger partial charge on any atom is -0.338 e. The van der Waals surface area contributed by atoms with E-state index in [4.69, 9.17) is 0 Å². The van der Waals surface area contributed by atoms with Gasteiger partial charge in [0.25, 0.3) is 11.5 Å². The summed E-state index contributed by atoms with van der Waals surface area (Å²) >= 11 is 0. The number of piperidine rings is 1. The zero-order valence-corrected chi connectivity index (χ0v) is 14.5. The average Bonchev–Trinajstić information content (AvgIpc) is 3.17. The normalized spacial score (nSPS) is 15.1. The average molecular weight is 367 g/mol. The van der Waals surface area contributed by atoms with Gasteiger partial charge in [0.05, 0.1) is 29.5 Å². The van der Waals surface area contributed by atoms with E-state index in [1.165, 1.54) is 24.7 Å². The number of aromatic amines is 2. The second kappa shape index (κ2) is 7.14. The van der Waals surface area contributed by atoms with E-state index in [2.05, 4.69) is 20.2 Å². The Morgan fingerprint density at radius 3 is 2.74 bits per heavy atom. The van der Waals surface area contributed by atoms with E-state index in [1.54, 1.807) is 23.1 Å². The molecule has 0 aliphatic carbocycles. The number of nitrogens with one attached hydrogen (secondary N) is 2. The molecule has 2 N–H and O–H groups in total. The van der Waals surface area contributed by atoms with E-state index in [-0.39, 0.29) is 17.4 Å². The van der Waals surface area contributed by atoms with Crippen LogP contribution in [0.2, 0.25) is 0 Å². The molecule has 7 nitrogen and oxygen atoms in total. The van der Waals surface area contributed by atoms with E-state index in [9.17, 15) is 14.0 Å². The molecule has 3 aromatic rings. The summed E-state index contributed by atoms with van der Waals surface area (Å²) in [6, 6.07) is 7.79. The van der Waals surface area contributed by atoms with Crippen LogP contribution < -0.4 is 5.56 Å². The number of nitrogens with zero attached hydrogens (tertiary/aromatic N) is 3. The Morgan fingerprint density at radius 1 is 1.22 bits per heavy atom. The minimum absolute atomic E-state index is 0.145. The summed E-state index contributed by atoms with van der Waals surface area (Å²) in [6.07, 6.45) is 4.28. The van der Waals surface area contributed by atoms with Crippen molar-refractivity contribution in [3.05, 3.63) is 70.3 Å². The smallest absolute Gasteiger partial charge is 0.257 e. The molecule has 8 heteroatoms. The summed E-state index contributed by atoms with van der Waals surface area (Å²) in [5.74, 6) is -0.444. The van der Waals surface area contributed by atoms with Gasteiger partial charge in [0, 0.05) is 30.6 Å². The molecule has 0 atom stereocenters. The molecule has 1 aromatic carbocycles. The summed E-state index contributed by atoms with van der Waals surface area (Å²) in [7, 11) is 0. The number of aromatic nitrogens is 4. The third-order valence-corrected chi connectivity index (χ3v) is 4.91. The van der Waals surface area contributed by atoms with Crippen LogP contribution in [0.5, 0.6) is 0 Å². The summed E-state index contributed by atoms with van der Waals surface area (Å²) in [5.41, 5.74) is 1.64. The first-order chi connectivity index (χ1) is 13.1. The summed E-state index contributed by atoms with van der Waals surface area (Å²) in [5, 5.41) is 6.68. The maximum Gasteiger partial charge on any atom is 0.257 e. The van der Waals surface area contributed by atoms with Crippen LogP contribution in [0.25, 0.3) is 11.3 Å². The SMILES string of the molecule is O=C(c1cn[nH]c1-c1ccccc1F)N1CCC(c2cc(=O)[nH]cn2)CC1. The Bertz CT molecular complexity index is 1020. The molecule has 1 amide bonds. The highest BCUT2D eigenvalue weighted by Crippen LogP contribution is 2.29. The van der Waals surface area contributed by atoms with Crippen molar-refractivity contribution in [2.75, 3.05) is 13.1 Å². The molecule has 1 saturated heterocycles. The molecule has 138 valence electrons. The number of hydrogen-bond donors (Lipinski definition) is 2. The van der Waals surface area contributed by atoms with Crippen molar-refractivity contribution < 1.29 is 9.18 Å². The lowest BCUT2D eigenvalue weighted by Crippen LogP contribution is -2.38. The summed E-state index contributed by atoms with van der Waals surface area (Å²) < 4.78 is 14.1. The first-order valence-corrected chi connectivity index (χ1v) is 8.75. The van der Waals surface area contributed by atoms with Crippen LogP contribution in [0, 0.1) is 5.82 Å². The van der Waals surface area contributed by atoms with Crippen LogP contribution in [-0.2, 0) is 0 Å². The predicted molar refractivity (Wildman–Crippen MR) is 96.7 cm³/mol. The van der Waals surface area contributed by atoms with Crippen LogP contribution in [0.3, 0.4) is 0 Å². The summed E-state index contributed by atoms with van der Waals surface area (Å²) in [4.78, 5) is 32.9. The number of likely N-dealkylation sites (tertiary alicyclic amines) is 1. The van der Waals surface area contributed by atoms with Crippen molar-refractivity contribution in [1.82, 2.24) is 25.1 Å². The molecule has 1 fully saturated rings. The molecule has 0 spiro atoms. The van der Waals surface area contributed by atoms with Crippen LogP contribution >= 0.6 is 0 Å². The maximum atomic E-state index is 14.1. The van der Waals surface area contributed by atoms with E-state index < -0.39 is 5.82 Å². The number of carbonyl (C=O) groups excluding carboxylic acids is 1. The van der Waals surface area contributed by atoms with Crippen molar-refractivity contribution in [2.45, 2.75) is 18.8 Å². The quantitative estimate of drug-likeness (QED) is 0.743. The fraction of sp³-hybridized carbons (Fsp3) is 0.263. The minimum atomic E-state index is -0.408. The third-order valence-electron chi connectivity index (χ3n) is 4.91. The number of benzene rings is 1. The first-order valence-electron chi connectivity index (χ1n) is 8.75. The van der Waals surface area contributed by atoms with Gasteiger partial charge in [-0.3, -0.25) is 14.7 Å². The molecule has 1 aliphatic heterocycles. The second-order valence-electron chi connectivity index (χ2n) is 6.54. The number of carbonyl (C=O) groups is 1. The Balaban J connectivity index is 1.50. The fourth-order valence-electron chi connectivity index (χ4n) is 3.47. The Hall–Kier alpha value is -3.29. The monoisotopic (exact) mass is 367 g/mol.